The van der Waals surface area contributed by atoms with Crippen molar-refractivity contribution in [3.8, 4) is 0 Å². The Morgan fingerprint density at radius 1 is 1.55 bits per heavy atom. The van der Waals surface area contributed by atoms with Crippen molar-refractivity contribution in [1.82, 2.24) is 0 Å². The third kappa shape index (κ3) is 1.81. The minimum absolute atomic E-state index is 0.0683. The fourth-order valence-electron chi connectivity index (χ4n) is 0.823. The molecule has 0 aromatic heterocycles. The molecule has 11 heavy (non-hydrogen) atoms. The lowest BCUT2D eigenvalue weighted by atomic mass is 9.88. The van der Waals surface area contributed by atoms with E-state index in [9.17, 15) is 4.79 Å². The summed E-state index contributed by atoms with van der Waals surface area (Å²) in [5.41, 5.74) is 6.14. The van der Waals surface area contributed by atoms with Crippen molar-refractivity contribution >= 4 is 18.9 Å². The molecule has 3 nitrogen and oxygen atoms in total. The van der Waals surface area contributed by atoms with Gasteiger partial charge in [0.1, 0.15) is 0 Å². The molecule has 4 heteroatoms. The Hall–Kier alpha value is -1.29. The molecule has 0 aliphatic heterocycles. The van der Waals surface area contributed by atoms with Gasteiger partial charge >= 0.3 is 7.48 Å². The zero-order valence-corrected chi connectivity index (χ0v) is 5.95. The van der Waals surface area contributed by atoms with Gasteiger partial charge in [-0.3, -0.25) is 4.79 Å². The molecule has 0 saturated carbocycles. The molecule has 3 N–H and O–H groups in total. The third-order valence-electron chi connectivity index (χ3n) is 1.39. The van der Waals surface area contributed by atoms with Gasteiger partial charge in [-0.15, -0.1) is 0 Å². The summed E-state index contributed by atoms with van der Waals surface area (Å²) in [4.78, 5) is 10.6. The Morgan fingerprint density at radius 3 is 2.82 bits per heavy atom. The first kappa shape index (κ1) is 7.82. The van der Waals surface area contributed by atoms with Crippen molar-refractivity contribution in [1.29, 1.82) is 0 Å². The van der Waals surface area contributed by atoms with E-state index in [0.717, 1.165) is 0 Å². The van der Waals surface area contributed by atoms with Gasteiger partial charge in [0.05, 0.1) is 0 Å². The van der Waals surface area contributed by atoms with E-state index < -0.39 is 5.91 Å². The fourth-order valence-corrected chi connectivity index (χ4v) is 0.823. The maximum atomic E-state index is 10.6. The summed E-state index contributed by atoms with van der Waals surface area (Å²) in [6.07, 6.45) is 0. The molecule has 0 heterocycles. The number of rotatable bonds is 2. The van der Waals surface area contributed by atoms with Crippen molar-refractivity contribution in [3.05, 3.63) is 29.8 Å². The van der Waals surface area contributed by atoms with Gasteiger partial charge in [-0.2, -0.15) is 0 Å². The van der Waals surface area contributed by atoms with Gasteiger partial charge < -0.3 is 10.8 Å². The van der Waals surface area contributed by atoms with Gasteiger partial charge in [0.2, 0.25) is 5.91 Å². The highest BCUT2D eigenvalue weighted by Crippen LogP contribution is 1.93. The van der Waals surface area contributed by atoms with Crippen LogP contribution in [0.5, 0.6) is 0 Å². The topological polar surface area (TPSA) is 63.3 Å². The summed E-state index contributed by atoms with van der Waals surface area (Å²) in [5.74, 6) is -0.472. The summed E-state index contributed by atoms with van der Waals surface area (Å²) >= 11 is 0. The average molecular weight is 149 g/mol. The van der Waals surface area contributed by atoms with Crippen LogP contribution in [0.15, 0.2) is 24.3 Å². The molecule has 0 fully saturated rings. The highest BCUT2D eigenvalue weighted by atomic mass is 16.2. The second kappa shape index (κ2) is 3.21. The number of nitrogens with two attached hydrogens (primary N) is 1. The van der Waals surface area contributed by atoms with Gasteiger partial charge in [-0.05, 0) is 6.07 Å². The van der Waals surface area contributed by atoms with Crippen LogP contribution in [-0.4, -0.2) is 18.4 Å². The molecule has 1 aromatic carbocycles. The van der Waals surface area contributed by atoms with Gasteiger partial charge in [0.25, 0.3) is 0 Å². The molecule has 0 unspecified atom stereocenters. The highest BCUT2D eigenvalue weighted by molar-refractivity contribution is 6.45. The molecule has 0 aliphatic carbocycles. The SMILES string of the molecule is NC(=O)c1cccc(BO)c1. The van der Waals surface area contributed by atoms with Gasteiger partial charge in [0, 0.05) is 5.56 Å². The molecule has 1 rings (SSSR count). The van der Waals surface area contributed by atoms with Gasteiger partial charge in [-0.25, -0.2) is 0 Å². The summed E-state index contributed by atoms with van der Waals surface area (Å²) in [7, 11) is -0.0683. The van der Waals surface area contributed by atoms with Gasteiger partial charge in [-0.1, -0.05) is 23.7 Å². The number of carbonyl (C=O) groups is 1. The van der Waals surface area contributed by atoms with Crippen LogP contribution in [-0.2, 0) is 0 Å². The minimum atomic E-state index is -0.472. The Labute approximate surface area is 65.1 Å². The second-order valence-electron chi connectivity index (χ2n) is 2.22. The largest absolute Gasteiger partial charge is 0.449 e. The predicted octanol–water partition coefficient (Wildman–Crippen LogP) is -1.25. The lowest BCUT2D eigenvalue weighted by Gasteiger charge is -1.96. The molecule has 0 aliphatic rings. The zero-order chi connectivity index (χ0) is 8.27. The number of hydrogen-bond donors (Lipinski definition) is 2. The minimum Gasteiger partial charge on any atom is -0.449 e. The smallest absolute Gasteiger partial charge is 0.304 e. The van der Waals surface area contributed by atoms with E-state index in [2.05, 4.69) is 0 Å². The summed E-state index contributed by atoms with van der Waals surface area (Å²) < 4.78 is 0. The average Bonchev–Trinajstić information content (AvgIpc) is 2.05. The van der Waals surface area contributed by atoms with Crippen molar-refractivity contribution < 1.29 is 9.82 Å². The van der Waals surface area contributed by atoms with E-state index in [1.165, 1.54) is 0 Å². The molecule has 0 atom stereocenters. The predicted molar refractivity (Wildman–Crippen MR) is 44.0 cm³/mol. The molecule has 0 saturated heterocycles. The zero-order valence-electron chi connectivity index (χ0n) is 5.95. The van der Waals surface area contributed by atoms with Crippen molar-refractivity contribution in [2.24, 2.45) is 5.73 Å². The van der Waals surface area contributed by atoms with E-state index in [4.69, 9.17) is 10.8 Å². The number of carbonyl (C=O) groups excluding carboxylic acids is 1. The van der Waals surface area contributed by atoms with Crippen molar-refractivity contribution in [2.45, 2.75) is 0 Å². The Bertz CT molecular complexity index is 275. The lowest BCUT2D eigenvalue weighted by molar-refractivity contribution is 0.100. The summed E-state index contributed by atoms with van der Waals surface area (Å²) in [5, 5.41) is 8.69. The molecule has 1 amide bonds. The third-order valence-corrected chi connectivity index (χ3v) is 1.39. The van der Waals surface area contributed by atoms with Crippen LogP contribution >= 0.6 is 0 Å². The normalized spacial score (nSPS) is 9.18. The second-order valence-corrected chi connectivity index (χ2v) is 2.22. The van der Waals surface area contributed by atoms with Crippen LogP contribution in [0.4, 0.5) is 0 Å². The monoisotopic (exact) mass is 149 g/mol. The number of amides is 1. The first-order valence-electron chi connectivity index (χ1n) is 3.23. The standard InChI is InChI=1S/C7H8BNO2/c9-7(10)5-2-1-3-6(4-5)8-11/h1-4,8,11H,(H2,9,10). The van der Waals surface area contributed by atoms with E-state index in [0.29, 0.717) is 11.0 Å². The molecule has 56 valence electrons. The Kier molecular flexibility index (Phi) is 2.28. The van der Waals surface area contributed by atoms with Gasteiger partial charge in [0.15, 0.2) is 0 Å². The van der Waals surface area contributed by atoms with Crippen molar-refractivity contribution in [3.63, 3.8) is 0 Å². The fraction of sp³-hybridized carbons (Fsp3) is 0. The number of primary amides is 1. The molecular weight excluding hydrogens is 141 g/mol. The number of benzene rings is 1. The first-order valence-corrected chi connectivity index (χ1v) is 3.23. The van der Waals surface area contributed by atoms with E-state index >= 15 is 0 Å². The molecule has 0 spiro atoms. The van der Waals surface area contributed by atoms with Crippen LogP contribution in [0, 0.1) is 0 Å². The van der Waals surface area contributed by atoms with E-state index in [1.54, 1.807) is 24.3 Å². The molecular formula is C7H8BNO2. The molecule has 0 radical (unpaired) electrons. The summed E-state index contributed by atoms with van der Waals surface area (Å²) in [6.45, 7) is 0. The Morgan fingerprint density at radius 2 is 2.27 bits per heavy atom. The maximum absolute atomic E-state index is 10.6. The number of hydrogen-bond acceptors (Lipinski definition) is 2. The Balaban J connectivity index is 3.01. The molecule has 1 aromatic rings. The summed E-state index contributed by atoms with van der Waals surface area (Å²) in [6, 6.07) is 6.60. The van der Waals surface area contributed by atoms with Crippen LogP contribution in [0.2, 0.25) is 0 Å². The van der Waals surface area contributed by atoms with Crippen LogP contribution in [0.1, 0.15) is 10.4 Å². The van der Waals surface area contributed by atoms with Crippen molar-refractivity contribution in [2.75, 3.05) is 0 Å². The highest BCUT2D eigenvalue weighted by Gasteiger charge is 1.99. The first-order chi connectivity index (χ1) is 5.24. The van der Waals surface area contributed by atoms with E-state index in [-0.39, 0.29) is 7.48 Å². The van der Waals surface area contributed by atoms with Crippen LogP contribution < -0.4 is 11.2 Å². The van der Waals surface area contributed by atoms with Crippen LogP contribution in [0.25, 0.3) is 0 Å². The molecule has 0 bridgehead atoms. The van der Waals surface area contributed by atoms with E-state index in [1.807, 2.05) is 0 Å². The maximum Gasteiger partial charge on any atom is 0.304 e. The quantitative estimate of drug-likeness (QED) is 0.516. The lowest BCUT2D eigenvalue weighted by Crippen LogP contribution is -2.18. The van der Waals surface area contributed by atoms with Crippen LogP contribution in [0.3, 0.4) is 0 Å².